The first-order chi connectivity index (χ1) is 10.2. The molecule has 1 saturated carbocycles. The number of carbonyl (C=O) groups is 1. The maximum absolute atomic E-state index is 12.9. The molecule has 3 rings (SSSR count). The molecule has 1 aromatic heterocycles. The Labute approximate surface area is 124 Å². The predicted molar refractivity (Wildman–Crippen MR) is 76.2 cm³/mol. The first-order valence-corrected chi connectivity index (χ1v) is 7.77. The molecule has 2 heterocycles. The van der Waals surface area contributed by atoms with Crippen LogP contribution in [0.25, 0.3) is 0 Å². The molecule has 5 heteroatoms. The van der Waals surface area contributed by atoms with E-state index in [2.05, 4.69) is 4.98 Å². The standard InChI is InChI=1S/C16H21FN2O2/c17-11-7-8-13(18-10-11)16(21)19-9-2-1-5-14(19)12-4-3-6-15(12)20/h7-8,10,12,14-15,20H,1-6,9H2. The molecule has 0 bridgehead atoms. The molecule has 4 nitrogen and oxygen atoms in total. The number of rotatable bonds is 2. The van der Waals surface area contributed by atoms with Crippen LogP contribution in [0, 0.1) is 11.7 Å². The molecule has 0 aromatic carbocycles. The monoisotopic (exact) mass is 292 g/mol. The zero-order valence-corrected chi connectivity index (χ0v) is 12.0. The van der Waals surface area contributed by atoms with Gasteiger partial charge in [0, 0.05) is 18.5 Å². The Morgan fingerprint density at radius 1 is 1.24 bits per heavy atom. The maximum atomic E-state index is 12.9. The molecule has 3 unspecified atom stereocenters. The summed E-state index contributed by atoms with van der Waals surface area (Å²) in [7, 11) is 0. The minimum atomic E-state index is -0.437. The van der Waals surface area contributed by atoms with Gasteiger partial charge >= 0.3 is 0 Å². The van der Waals surface area contributed by atoms with Crippen LogP contribution >= 0.6 is 0 Å². The summed E-state index contributed by atoms with van der Waals surface area (Å²) in [6, 6.07) is 2.80. The smallest absolute Gasteiger partial charge is 0.272 e. The first-order valence-electron chi connectivity index (χ1n) is 7.77. The fourth-order valence-electron chi connectivity index (χ4n) is 3.72. The number of aliphatic hydroxyl groups excluding tert-OH is 1. The van der Waals surface area contributed by atoms with Gasteiger partial charge in [-0.3, -0.25) is 4.79 Å². The van der Waals surface area contributed by atoms with Crippen molar-refractivity contribution in [2.45, 2.75) is 50.7 Å². The molecule has 3 atom stereocenters. The minimum Gasteiger partial charge on any atom is -0.393 e. The Bertz CT molecular complexity index is 506. The SMILES string of the molecule is O=C(c1ccc(F)cn1)N1CCCCC1C1CCCC1O. The van der Waals surface area contributed by atoms with Crippen LogP contribution in [0.15, 0.2) is 18.3 Å². The molecule has 114 valence electrons. The second-order valence-electron chi connectivity index (χ2n) is 6.09. The zero-order valence-electron chi connectivity index (χ0n) is 12.0. The largest absolute Gasteiger partial charge is 0.393 e. The molecule has 2 fully saturated rings. The van der Waals surface area contributed by atoms with Crippen LogP contribution in [-0.4, -0.2) is 39.6 Å². The summed E-state index contributed by atoms with van der Waals surface area (Å²) in [6.45, 7) is 0.700. The van der Waals surface area contributed by atoms with Crippen LogP contribution in [0.3, 0.4) is 0 Å². The van der Waals surface area contributed by atoms with Gasteiger partial charge in [-0.05, 0) is 44.2 Å². The van der Waals surface area contributed by atoms with Crippen LogP contribution in [0.1, 0.15) is 49.0 Å². The van der Waals surface area contributed by atoms with E-state index in [1.165, 1.54) is 12.1 Å². The molecule has 1 aliphatic heterocycles. The van der Waals surface area contributed by atoms with Gasteiger partial charge in [-0.2, -0.15) is 0 Å². The second kappa shape index (κ2) is 6.10. The summed E-state index contributed by atoms with van der Waals surface area (Å²) in [4.78, 5) is 18.4. The lowest BCUT2D eigenvalue weighted by Crippen LogP contribution is -2.49. The highest BCUT2D eigenvalue weighted by molar-refractivity contribution is 5.92. The van der Waals surface area contributed by atoms with E-state index >= 15 is 0 Å². The number of carbonyl (C=O) groups excluding carboxylic acids is 1. The van der Waals surface area contributed by atoms with E-state index < -0.39 is 5.82 Å². The fourth-order valence-corrected chi connectivity index (χ4v) is 3.72. The molecular formula is C16H21FN2O2. The van der Waals surface area contributed by atoms with Crippen LogP contribution in [0.5, 0.6) is 0 Å². The van der Waals surface area contributed by atoms with E-state index in [0.717, 1.165) is 44.7 Å². The number of hydrogen-bond acceptors (Lipinski definition) is 3. The van der Waals surface area contributed by atoms with E-state index in [0.29, 0.717) is 6.54 Å². The van der Waals surface area contributed by atoms with Crippen molar-refractivity contribution >= 4 is 5.91 Å². The number of hydrogen-bond donors (Lipinski definition) is 1. The fraction of sp³-hybridized carbons (Fsp3) is 0.625. The average Bonchev–Trinajstić information content (AvgIpc) is 2.93. The molecule has 0 radical (unpaired) electrons. The Kier molecular flexibility index (Phi) is 4.19. The number of nitrogens with zero attached hydrogens (tertiary/aromatic N) is 2. The van der Waals surface area contributed by atoms with Gasteiger partial charge < -0.3 is 10.0 Å². The van der Waals surface area contributed by atoms with Gasteiger partial charge in [0.05, 0.1) is 12.3 Å². The number of piperidine rings is 1. The van der Waals surface area contributed by atoms with Crippen molar-refractivity contribution in [3.05, 3.63) is 29.8 Å². The van der Waals surface area contributed by atoms with Crippen molar-refractivity contribution in [1.82, 2.24) is 9.88 Å². The van der Waals surface area contributed by atoms with Gasteiger partial charge in [-0.1, -0.05) is 6.42 Å². The van der Waals surface area contributed by atoms with Crippen molar-refractivity contribution < 1.29 is 14.3 Å². The summed E-state index contributed by atoms with van der Waals surface area (Å²) in [5, 5.41) is 10.1. The van der Waals surface area contributed by atoms with Gasteiger partial charge in [0.15, 0.2) is 0 Å². The molecule has 2 aliphatic rings. The quantitative estimate of drug-likeness (QED) is 0.910. The number of likely N-dealkylation sites (tertiary alicyclic amines) is 1. The lowest BCUT2D eigenvalue weighted by Gasteiger charge is -2.40. The van der Waals surface area contributed by atoms with Gasteiger partial charge in [-0.25, -0.2) is 9.37 Å². The van der Waals surface area contributed by atoms with E-state index in [9.17, 15) is 14.3 Å². The Hall–Kier alpha value is -1.49. The second-order valence-corrected chi connectivity index (χ2v) is 6.09. The molecule has 1 aliphatic carbocycles. The third-order valence-corrected chi connectivity index (χ3v) is 4.78. The van der Waals surface area contributed by atoms with Crippen molar-refractivity contribution in [2.75, 3.05) is 6.54 Å². The molecule has 0 spiro atoms. The number of halogens is 1. The zero-order chi connectivity index (χ0) is 14.8. The lowest BCUT2D eigenvalue weighted by molar-refractivity contribution is 0.0283. The first kappa shape index (κ1) is 14.4. The minimum absolute atomic E-state index is 0.0932. The molecule has 1 aromatic rings. The summed E-state index contributed by atoms with van der Waals surface area (Å²) >= 11 is 0. The molecule has 21 heavy (non-hydrogen) atoms. The highest BCUT2D eigenvalue weighted by Crippen LogP contribution is 2.35. The van der Waals surface area contributed by atoms with E-state index in [-0.39, 0.29) is 29.7 Å². The third kappa shape index (κ3) is 2.93. The Morgan fingerprint density at radius 3 is 2.76 bits per heavy atom. The van der Waals surface area contributed by atoms with Crippen LogP contribution in [0.2, 0.25) is 0 Å². The normalized spacial score (nSPS) is 29.6. The number of pyridine rings is 1. The molecule has 1 N–H and O–H groups in total. The Balaban J connectivity index is 1.80. The molecular weight excluding hydrogens is 271 g/mol. The lowest BCUT2D eigenvalue weighted by atomic mass is 9.87. The van der Waals surface area contributed by atoms with E-state index in [1.54, 1.807) is 0 Å². The topological polar surface area (TPSA) is 53.4 Å². The Morgan fingerprint density at radius 2 is 2.10 bits per heavy atom. The summed E-state index contributed by atoms with van der Waals surface area (Å²) in [5.74, 6) is -0.401. The van der Waals surface area contributed by atoms with Gasteiger partial charge in [0.25, 0.3) is 5.91 Å². The van der Waals surface area contributed by atoms with Gasteiger partial charge in [0.2, 0.25) is 0 Å². The van der Waals surface area contributed by atoms with Crippen molar-refractivity contribution in [3.8, 4) is 0 Å². The van der Waals surface area contributed by atoms with Crippen LogP contribution in [-0.2, 0) is 0 Å². The number of amides is 1. The van der Waals surface area contributed by atoms with Crippen LogP contribution in [0.4, 0.5) is 4.39 Å². The van der Waals surface area contributed by atoms with Crippen molar-refractivity contribution in [1.29, 1.82) is 0 Å². The van der Waals surface area contributed by atoms with Gasteiger partial charge in [0.1, 0.15) is 11.5 Å². The molecule has 1 saturated heterocycles. The van der Waals surface area contributed by atoms with Crippen molar-refractivity contribution in [3.63, 3.8) is 0 Å². The van der Waals surface area contributed by atoms with Crippen LogP contribution < -0.4 is 0 Å². The van der Waals surface area contributed by atoms with Gasteiger partial charge in [-0.15, -0.1) is 0 Å². The van der Waals surface area contributed by atoms with E-state index in [1.807, 2.05) is 4.90 Å². The average molecular weight is 292 g/mol. The highest BCUT2D eigenvalue weighted by atomic mass is 19.1. The van der Waals surface area contributed by atoms with Crippen molar-refractivity contribution in [2.24, 2.45) is 5.92 Å². The van der Waals surface area contributed by atoms with E-state index in [4.69, 9.17) is 0 Å². The maximum Gasteiger partial charge on any atom is 0.272 e. The predicted octanol–water partition coefficient (Wildman–Crippen LogP) is 2.38. The summed E-state index contributed by atoms with van der Waals surface area (Å²) in [6.07, 6.45) is 6.62. The number of aliphatic hydroxyl groups is 1. The summed E-state index contributed by atoms with van der Waals surface area (Å²) < 4.78 is 12.9. The number of aromatic nitrogens is 1. The third-order valence-electron chi connectivity index (χ3n) is 4.78. The molecule has 1 amide bonds. The summed E-state index contributed by atoms with van der Waals surface area (Å²) in [5.41, 5.74) is 0.288. The highest BCUT2D eigenvalue weighted by Gasteiger charge is 2.39.